The van der Waals surface area contributed by atoms with Crippen LogP contribution in [0.15, 0.2) is 47.6 Å². The van der Waals surface area contributed by atoms with Crippen molar-refractivity contribution in [1.82, 2.24) is 4.90 Å². The first-order valence-electron chi connectivity index (χ1n) is 9.42. The Morgan fingerprint density at radius 2 is 2.07 bits per heavy atom. The largest absolute Gasteiger partial charge is 0.298 e. The van der Waals surface area contributed by atoms with Crippen LogP contribution in [0.1, 0.15) is 34.8 Å². The number of piperidine rings is 1. The second kappa shape index (κ2) is 7.28. The minimum atomic E-state index is -0.292. The van der Waals surface area contributed by atoms with Crippen LogP contribution in [0.5, 0.6) is 0 Å². The van der Waals surface area contributed by atoms with E-state index in [1.165, 1.54) is 11.1 Å². The van der Waals surface area contributed by atoms with Gasteiger partial charge in [-0.15, -0.1) is 0 Å². The number of Topliss-reactive ketones (excluding diaryl/α,β-unsaturated/α-hetero) is 1. The highest BCUT2D eigenvalue weighted by Crippen LogP contribution is 2.29. The van der Waals surface area contributed by atoms with Crippen LogP contribution in [-0.4, -0.2) is 35.4 Å². The summed E-state index contributed by atoms with van der Waals surface area (Å²) in [4.78, 5) is 26.7. The summed E-state index contributed by atoms with van der Waals surface area (Å²) in [7, 11) is 0. The van der Waals surface area contributed by atoms with Gasteiger partial charge in [-0.3, -0.25) is 14.5 Å². The Hall–Kier alpha value is -2.86. The third-order valence-electron chi connectivity index (χ3n) is 5.39. The van der Waals surface area contributed by atoms with Crippen LogP contribution in [0.4, 0.5) is 10.1 Å². The van der Waals surface area contributed by atoms with E-state index < -0.39 is 0 Å². The third kappa shape index (κ3) is 3.47. The summed E-state index contributed by atoms with van der Waals surface area (Å²) >= 11 is 0. The first kappa shape index (κ1) is 18.5. The molecular weight excluding hydrogens is 357 g/mol. The van der Waals surface area contributed by atoms with E-state index in [9.17, 15) is 14.0 Å². The standard InChI is InChI=1S/C22H22FN3O2/c1-14-10-18(6-7-20(14)23)26-22(28)19-13-25(9-8-21(19)24-26)12-16-4-3-5-17(11-16)15(2)27/h3-7,10-11,19H,8-9,12-13H2,1-2H3. The fourth-order valence-corrected chi connectivity index (χ4v) is 3.80. The van der Waals surface area contributed by atoms with Crippen molar-refractivity contribution in [3.8, 4) is 0 Å². The Bertz CT molecular complexity index is 985. The van der Waals surface area contributed by atoms with E-state index in [0.29, 0.717) is 29.9 Å². The highest BCUT2D eigenvalue weighted by Gasteiger charge is 2.40. The fourth-order valence-electron chi connectivity index (χ4n) is 3.80. The summed E-state index contributed by atoms with van der Waals surface area (Å²) in [5, 5.41) is 5.93. The van der Waals surface area contributed by atoms with Crippen LogP contribution in [0.25, 0.3) is 0 Å². The Kier molecular flexibility index (Phi) is 4.81. The molecule has 1 atom stereocenters. The summed E-state index contributed by atoms with van der Waals surface area (Å²) < 4.78 is 13.5. The van der Waals surface area contributed by atoms with Gasteiger partial charge in [0.1, 0.15) is 5.82 Å². The summed E-state index contributed by atoms with van der Waals surface area (Å²) in [5.41, 5.74) is 3.75. The van der Waals surface area contributed by atoms with E-state index >= 15 is 0 Å². The van der Waals surface area contributed by atoms with Crippen molar-refractivity contribution in [3.05, 3.63) is 65.0 Å². The minimum Gasteiger partial charge on any atom is -0.298 e. The molecule has 2 aliphatic rings. The van der Waals surface area contributed by atoms with Crippen molar-refractivity contribution in [2.45, 2.75) is 26.8 Å². The number of amides is 1. The van der Waals surface area contributed by atoms with Crippen LogP contribution in [-0.2, 0) is 11.3 Å². The van der Waals surface area contributed by atoms with Gasteiger partial charge in [0.05, 0.1) is 17.3 Å². The van der Waals surface area contributed by atoms with Gasteiger partial charge in [0, 0.05) is 31.6 Å². The average Bonchev–Trinajstić information content (AvgIpc) is 3.00. The second-order valence-electron chi connectivity index (χ2n) is 7.47. The van der Waals surface area contributed by atoms with E-state index in [1.54, 1.807) is 26.0 Å². The van der Waals surface area contributed by atoms with Crippen LogP contribution < -0.4 is 5.01 Å². The smallest absolute Gasteiger partial charge is 0.257 e. The molecule has 0 aromatic heterocycles. The molecule has 1 saturated heterocycles. The summed E-state index contributed by atoms with van der Waals surface area (Å²) in [6.07, 6.45) is 0.722. The predicted octanol–water partition coefficient (Wildman–Crippen LogP) is 3.56. The summed E-state index contributed by atoms with van der Waals surface area (Å²) in [6, 6.07) is 12.2. The number of rotatable bonds is 4. The molecule has 1 amide bonds. The minimum absolute atomic E-state index is 0.0473. The molecule has 28 heavy (non-hydrogen) atoms. The number of aryl methyl sites for hydroxylation is 1. The summed E-state index contributed by atoms with van der Waals surface area (Å²) in [5.74, 6) is -0.580. The van der Waals surface area contributed by atoms with Gasteiger partial charge in [-0.25, -0.2) is 9.40 Å². The molecule has 0 radical (unpaired) electrons. The van der Waals surface area contributed by atoms with Crippen molar-refractivity contribution >= 4 is 23.1 Å². The molecule has 5 nitrogen and oxygen atoms in total. The Labute approximate surface area is 163 Å². The van der Waals surface area contributed by atoms with Gasteiger partial charge in [0.15, 0.2) is 5.78 Å². The normalized spacial score (nSPS) is 19.5. The van der Waals surface area contributed by atoms with Crippen molar-refractivity contribution in [2.24, 2.45) is 11.0 Å². The number of carbonyl (C=O) groups excluding carboxylic acids is 2. The quantitative estimate of drug-likeness (QED) is 0.764. The van der Waals surface area contributed by atoms with Gasteiger partial charge >= 0.3 is 0 Å². The molecule has 0 spiro atoms. The topological polar surface area (TPSA) is 53.0 Å². The van der Waals surface area contributed by atoms with E-state index in [1.807, 2.05) is 24.3 Å². The van der Waals surface area contributed by atoms with Gasteiger partial charge in [0.25, 0.3) is 5.91 Å². The molecule has 2 heterocycles. The van der Waals surface area contributed by atoms with Crippen LogP contribution >= 0.6 is 0 Å². The number of hydrogen-bond acceptors (Lipinski definition) is 4. The van der Waals surface area contributed by atoms with Crippen LogP contribution in [0.3, 0.4) is 0 Å². The number of ketones is 1. The molecule has 4 rings (SSSR count). The lowest BCUT2D eigenvalue weighted by Crippen LogP contribution is -2.43. The Morgan fingerprint density at radius 3 is 2.82 bits per heavy atom. The van der Waals surface area contributed by atoms with E-state index in [-0.39, 0.29) is 23.4 Å². The van der Waals surface area contributed by atoms with E-state index in [4.69, 9.17) is 0 Å². The molecule has 2 aliphatic heterocycles. The monoisotopic (exact) mass is 379 g/mol. The molecule has 1 fully saturated rings. The first-order chi connectivity index (χ1) is 13.4. The first-order valence-corrected chi connectivity index (χ1v) is 9.42. The number of nitrogens with zero attached hydrogens (tertiary/aromatic N) is 3. The highest BCUT2D eigenvalue weighted by atomic mass is 19.1. The maximum Gasteiger partial charge on any atom is 0.257 e. The molecule has 6 heteroatoms. The molecule has 0 saturated carbocycles. The fraction of sp³-hybridized carbons (Fsp3) is 0.318. The van der Waals surface area contributed by atoms with Gasteiger partial charge in [-0.2, -0.15) is 5.10 Å². The lowest BCUT2D eigenvalue weighted by atomic mass is 9.95. The second-order valence-corrected chi connectivity index (χ2v) is 7.47. The Balaban J connectivity index is 1.48. The molecular formula is C22H22FN3O2. The zero-order valence-corrected chi connectivity index (χ0v) is 16.0. The van der Waals surface area contributed by atoms with Gasteiger partial charge in [-0.05, 0) is 49.2 Å². The van der Waals surface area contributed by atoms with Crippen molar-refractivity contribution < 1.29 is 14.0 Å². The predicted molar refractivity (Wildman–Crippen MR) is 106 cm³/mol. The molecule has 1 unspecified atom stereocenters. The van der Waals surface area contributed by atoms with Crippen LogP contribution in [0.2, 0.25) is 0 Å². The molecule has 0 aliphatic carbocycles. The van der Waals surface area contributed by atoms with E-state index in [0.717, 1.165) is 24.2 Å². The number of likely N-dealkylation sites (tertiary alicyclic amines) is 1. The Morgan fingerprint density at radius 1 is 1.25 bits per heavy atom. The molecule has 144 valence electrons. The highest BCUT2D eigenvalue weighted by molar-refractivity contribution is 6.16. The summed E-state index contributed by atoms with van der Waals surface area (Å²) in [6.45, 7) is 5.33. The van der Waals surface area contributed by atoms with Gasteiger partial charge in [-0.1, -0.05) is 18.2 Å². The van der Waals surface area contributed by atoms with Crippen molar-refractivity contribution in [1.29, 1.82) is 0 Å². The molecule has 2 aromatic rings. The number of hydrazone groups is 1. The molecule has 0 N–H and O–H groups in total. The van der Waals surface area contributed by atoms with E-state index in [2.05, 4.69) is 10.0 Å². The average molecular weight is 379 g/mol. The maximum atomic E-state index is 13.5. The number of hydrogen-bond donors (Lipinski definition) is 0. The SMILES string of the molecule is CC(=O)c1cccc(CN2CCC3=NN(c4ccc(F)c(C)c4)C(=O)C3C2)c1. The number of halogens is 1. The lowest BCUT2D eigenvalue weighted by molar-refractivity contribution is -0.120. The van der Waals surface area contributed by atoms with Gasteiger partial charge in [0.2, 0.25) is 0 Å². The lowest BCUT2D eigenvalue weighted by Gasteiger charge is -2.30. The zero-order chi connectivity index (χ0) is 19.8. The maximum absolute atomic E-state index is 13.5. The van der Waals surface area contributed by atoms with Crippen molar-refractivity contribution in [3.63, 3.8) is 0 Å². The van der Waals surface area contributed by atoms with Crippen molar-refractivity contribution in [2.75, 3.05) is 18.1 Å². The van der Waals surface area contributed by atoms with Crippen LogP contribution in [0, 0.1) is 18.7 Å². The molecule has 2 aromatic carbocycles. The number of benzene rings is 2. The number of anilines is 1. The number of carbonyl (C=O) groups is 2. The third-order valence-corrected chi connectivity index (χ3v) is 5.39. The zero-order valence-electron chi connectivity index (χ0n) is 16.0. The molecule has 0 bridgehead atoms. The van der Waals surface area contributed by atoms with Gasteiger partial charge < -0.3 is 0 Å². The number of fused-ring (bicyclic) bond motifs is 1.